The summed E-state index contributed by atoms with van der Waals surface area (Å²) in [6.07, 6.45) is 1.82. The third-order valence-electron chi connectivity index (χ3n) is 3.18. The van der Waals surface area contributed by atoms with Gasteiger partial charge in [0.15, 0.2) is 0 Å². The number of hydrogen-bond donors (Lipinski definition) is 0. The second kappa shape index (κ2) is 7.56. The Kier molecular flexibility index (Phi) is 5.74. The Balaban J connectivity index is 2.12. The molecule has 0 aromatic carbocycles. The number of nitrogens with zero attached hydrogens (tertiary/aromatic N) is 3. The molecule has 0 N–H and O–H groups in total. The van der Waals surface area contributed by atoms with Crippen LogP contribution < -0.4 is 5.56 Å². The van der Waals surface area contributed by atoms with Crippen LogP contribution in [0.25, 0.3) is 0 Å². The van der Waals surface area contributed by atoms with Gasteiger partial charge in [-0.05, 0) is 24.6 Å². The van der Waals surface area contributed by atoms with Crippen LogP contribution in [0.2, 0.25) is 4.34 Å². The molecule has 0 aliphatic heterocycles. The molecule has 0 aliphatic carbocycles. The number of rotatable bonds is 6. The zero-order chi connectivity index (χ0) is 16.1. The molecule has 5 nitrogen and oxygen atoms in total. The molecular formula is C15H18ClN3O2S. The maximum atomic E-state index is 12.4. The molecule has 2 aromatic rings. The minimum absolute atomic E-state index is 0.183. The van der Waals surface area contributed by atoms with Gasteiger partial charge in [-0.25, -0.2) is 4.68 Å². The average Bonchev–Trinajstić information content (AvgIpc) is 2.90. The summed E-state index contributed by atoms with van der Waals surface area (Å²) in [5.41, 5.74) is 0.0959. The minimum Gasteiger partial charge on any atom is -0.335 e. The molecule has 0 bridgehead atoms. The summed E-state index contributed by atoms with van der Waals surface area (Å²) in [5, 5.41) is 4.17. The summed E-state index contributed by atoms with van der Waals surface area (Å²) in [6, 6.07) is 6.58. The van der Waals surface area contributed by atoms with Crippen LogP contribution in [-0.4, -0.2) is 27.6 Å². The summed E-state index contributed by atoms with van der Waals surface area (Å²) < 4.78 is 2.05. The van der Waals surface area contributed by atoms with E-state index in [9.17, 15) is 9.59 Å². The van der Waals surface area contributed by atoms with Gasteiger partial charge in [0.05, 0.1) is 10.9 Å². The van der Waals surface area contributed by atoms with Gasteiger partial charge in [0.2, 0.25) is 0 Å². The van der Waals surface area contributed by atoms with Crippen molar-refractivity contribution in [1.82, 2.24) is 14.7 Å². The lowest BCUT2D eigenvalue weighted by molar-refractivity contribution is 0.0777. The Morgan fingerprint density at radius 3 is 2.77 bits per heavy atom. The lowest BCUT2D eigenvalue weighted by Gasteiger charge is -2.16. The number of unbranched alkanes of at least 4 members (excludes halogenated alkanes) is 1. The first-order valence-corrected chi connectivity index (χ1v) is 8.28. The fraction of sp³-hybridized carbons (Fsp3) is 0.400. The molecule has 2 rings (SSSR count). The van der Waals surface area contributed by atoms with Gasteiger partial charge in [0.1, 0.15) is 5.69 Å². The van der Waals surface area contributed by atoms with E-state index < -0.39 is 0 Å². The van der Waals surface area contributed by atoms with E-state index in [1.54, 1.807) is 11.9 Å². The molecular weight excluding hydrogens is 322 g/mol. The fourth-order valence-electron chi connectivity index (χ4n) is 1.97. The lowest BCUT2D eigenvalue weighted by atomic mass is 10.3. The molecule has 0 spiro atoms. The highest BCUT2D eigenvalue weighted by molar-refractivity contribution is 7.16. The smallest absolute Gasteiger partial charge is 0.274 e. The molecule has 0 unspecified atom stereocenters. The van der Waals surface area contributed by atoms with Crippen molar-refractivity contribution in [3.63, 3.8) is 0 Å². The molecule has 22 heavy (non-hydrogen) atoms. The maximum absolute atomic E-state index is 12.4. The van der Waals surface area contributed by atoms with Crippen molar-refractivity contribution in [1.29, 1.82) is 0 Å². The topological polar surface area (TPSA) is 55.2 Å². The van der Waals surface area contributed by atoms with E-state index in [1.165, 1.54) is 28.2 Å². The van der Waals surface area contributed by atoms with Crippen LogP contribution in [0.5, 0.6) is 0 Å². The van der Waals surface area contributed by atoms with Crippen molar-refractivity contribution in [3.8, 4) is 0 Å². The van der Waals surface area contributed by atoms with Crippen molar-refractivity contribution >= 4 is 28.8 Å². The number of hydrogen-bond acceptors (Lipinski definition) is 4. The van der Waals surface area contributed by atoms with Gasteiger partial charge in [0, 0.05) is 24.5 Å². The van der Waals surface area contributed by atoms with Crippen molar-refractivity contribution < 1.29 is 4.79 Å². The molecule has 118 valence electrons. The van der Waals surface area contributed by atoms with Crippen LogP contribution in [0.3, 0.4) is 0 Å². The monoisotopic (exact) mass is 339 g/mol. The van der Waals surface area contributed by atoms with Gasteiger partial charge in [0.25, 0.3) is 11.5 Å². The number of carbonyl (C=O) groups excluding carboxylic acids is 1. The van der Waals surface area contributed by atoms with Gasteiger partial charge in [-0.3, -0.25) is 9.59 Å². The highest BCUT2D eigenvalue weighted by Gasteiger charge is 2.15. The number of carbonyl (C=O) groups is 1. The van der Waals surface area contributed by atoms with Crippen molar-refractivity contribution in [2.45, 2.75) is 32.9 Å². The van der Waals surface area contributed by atoms with Gasteiger partial charge >= 0.3 is 0 Å². The molecule has 0 saturated carbocycles. The fourth-order valence-corrected chi connectivity index (χ4v) is 3.11. The van der Waals surface area contributed by atoms with E-state index in [4.69, 9.17) is 11.6 Å². The maximum Gasteiger partial charge on any atom is 0.274 e. The van der Waals surface area contributed by atoms with Crippen molar-refractivity contribution in [2.75, 3.05) is 7.05 Å². The van der Waals surface area contributed by atoms with E-state index in [2.05, 4.69) is 5.10 Å². The highest BCUT2D eigenvalue weighted by atomic mass is 35.5. The number of amides is 1. The van der Waals surface area contributed by atoms with Crippen molar-refractivity contribution in [3.05, 3.63) is 49.5 Å². The number of aromatic nitrogens is 2. The van der Waals surface area contributed by atoms with Gasteiger partial charge in [-0.15, -0.1) is 11.3 Å². The molecule has 0 radical (unpaired) electrons. The Morgan fingerprint density at radius 1 is 1.36 bits per heavy atom. The molecule has 0 saturated heterocycles. The Morgan fingerprint density at radius 2 is 2.14 bits per heavy atom. The lowest BCUT2D eigenvalue weighted by Crippen LogP contribution is -2.30. The van der Waals surface area contributed by atoms with Crippen LogP contribution in [-0.2, 0) is 13.1 Å². The quantitative estimate of drug-likeness (QED) is 0.812. The summed E-state index contributed by atoms with van der Waals surface area (Å²) >= 11 is 7.33. The molecule has 1 amide bonds. The first-order chi connectivity index (χ1) is 10.5. The summed E-state index contributed by atoms with van der Waals surface area (Å²) in [5.74, 6) is -0.213. The summed E-state index contributed by atoms with van der Waals surface area (Å²) in [4.78, 5) is 26.7. The second-order valence-corrected chi connectivity index (χ2v) is 6.80. The van der Waals surface area contributed by atoms with Crippen LogP contribution in [0.15, 0.2) is 29.1 Å². The largest absolute Gasteiger partial charge is 0.335 e. The normalized spacial score (nSPS) is 10.7. The van der Waals surface area contributed by atoms with E-state index in [0.717, 1.165) is 17.7 Å². The van der Waals surface area contributed by atoms with E-state index in [-0.39, 0.29) is 17.2 Å². The number of aryl methyl sites for hydroxylation is 1. The Labute approximate surface area is 138 Å². The first-order valence-electron chi connectivity index (χ1n) is 7.09. The Hall–Kier alpha value is -1.66. The van der Waals surface area contributed by atoms with Crippen LogP contribution in [0.4, 0.5) is 0 Å². The third-order valence-corrected chi connectivity index (χ3v) is 4.39. The zero-order valence-electron chi connectivity index (χ0n) is 12.6. The van der Waals surface area contributed by atoms with Gasteiger partial charge in [-0.1, -0.05) is 24.9 Å². The molecule has 7 heteroatoms. The number of thiophene rings is 1. The minimum atomic E-state index is -0.213. The van der Waals surface area contributed by atoms with E-state index >= 15 is 0 Å². The van der Waals surface area contributed by atoms with Crippen LogP contribution >= 0.6 is 22.9 Å². The predicted octanol–water partition coefficient (Wildman–Crippen LogP) is 3.03. The molecule has 0 fully saturated rings. The average molecular weight is 340 g/mol. The molecule has 0 atom stereocenters. The van der Waals surface area contributed by atoms with E-state index in [0.29, 0.717) is 17.4 Å². The zero-order valence-corrected chi connectivity index (χ0v) is 14.2. The first kappa shape index (κ1) is 16.7. The highest BCUT2D eigenvalue weighted by Crippen LogP contribution is 2.22. The van der Waals surface area contributed by atoms with Crippen LogP contribution in [0, 0.1) is 0 Å². The van der Waals surface area contributed by atoms with Crippen molar-refractivity contribution in [2.24, 2.45) is 0 Å². The van der Waals surface area contributed by atoms with Crippen LogP contribution in [0.1, 0.15) is 35.1 Å². The summed E-state index contributed by atoms with van der Waals surface area (Å²) in [6.45, 7) is 3.03. The van der Waals surface area contributed by atoms with Gasteiger partial charge < -0.3 is 4.90 Å². The molecule has 0 aliphatic rings. The molecule has 2 heterocycles. The Bertz CT molecular complexity index is 711. The standard InChI is InChI=1S/C15H18ClN3O2S/c1-3-4-9-19-14(20)8-6-12(17-19)15(21)18(2)10-11-5-7-13(16)22-11/h5-8H,3-4,9-10H2,1-2H3. The predicted molar refractivity (Wildman–Crippen MR) is 88.5 cm³/mol. The third kappa shape index (κ3) is 4.18. The SMILES string of the molecule is CCCCn1nc(C(=O)N(C)Cc2ccc(Cl)s2)ccc1=O. The van der Waals surface area contributed by atoms with E-state index in [1.807, 2.05) is 19.1 Å². The summed E-state index contributed by atoms with van der Waals surface area (Å²) in [7, 11) is 1.71. The molecule has 2 aromatic heterocycles. The number of halogens is 1. The van der Waals surface area contributed by atoms with Gasteiger partial charge in [-0.2, -0.15) is 5.10 Å². The second-order valence-electron chi connectivity index (χ2n) is 5.00.